The van der Waals surface area contributed by atoms with Gasteiger partial charge < -0.3 is 0 Å². The number of rotatable bonds is 6. The zero-order valence-electron chi connectivity index (χ0n) is 27.4. The van der Waals surface area contributed by atoms with Gasteiger partial charge in [-0.1, -0.05) is 170 Å². The maximum atomic E-state index is 5.39. The predicted molar refractivity (Wildman–Crippen MR) is 210 cm³/mol. The van der Waals surface area contributed by atoms with Crippen molar-refractivity contribution in [2.45, 2.75) is 0 Å². The quantitative estimate of drug-likeness (QED) is 0.170. The van der Waals surface area contributed by atoms with Crippen molar-refractivity contribution >= 4 is 21.7 Å². The minimum Gasteiger partial charge on any atom is -0.248 e. The topological polar surface area (TPSA) is 25.8 Å². The van der Waals surface area contributed by atoms with Gasteiger partial charge in [0.15, 0.2) is 0 Å². The second-order valence-corrected chi connectivity index (χ2v) is 12.6. The van der Waals surface area contributed by atoms with Crippen LogP contribution >= 0.6 is 0 Å². The van der Waals surface area contributed by atoms with Crippen molar-refractivity contribution in [1.82, 2.24) is 9.97 Å². The van der Waals surface area contributed by atoms with E-state index in [0.29, 0.717) is 0 Å². The molecule has 2 heterocycles. The van der Waals surface area contributed by atoms with E-state index in [1.165, 1.54) is 33.2 Å². The van der Waals surface area contributed by atoms with Gasteiger partial charge in [-0.15, -0.1) is 0 Å². The van der Waals surface area contributed by atoms with Crippen molar-refractivity contribution in [3.05, 3.63) is 194 Å². The summed E-state index contributed by atoms with van der Waals surface area (Å²) in [7, 11) is 0. The van der Waals surface area contributed by atoms with E-state index in [9.17, 15) is 0 Å². The highest BCUT2D eigenvalue weighted by Gasteiger charge is 2.16. The number of benzene rings is 7. The Hall–Kier alpha value is -6.64. The van der Waals surface area contributed by atoms with Crippen molar-refractivity contribution in [3.8, 4) is 67.2 Å². The lowest BCUT2D eigenvalue weighted by Gasteiger charge is -2.16. The van der Waals surface area contributed by atoms with E-state index >= 15 is 0 Å². The maximum Gasteiger partial charge on any atom is 0.0794 e. The molecular formula is C48H32N2. The standard InChI is InChI=1S/C48H32N2/c1-5-15-33(16-6-1)39-29-45(36-21-11-4-12-22-36)49-46(30-39)37-25-27-38(28-26-37)47-32-43(35-19-9-3-10-20-35)44-31-42(34-17-7-2-8-18-34)40-23-13-14-24-41(40)48(44)50-47/h1-32H. The van der Waals surface area contributed by atoms with Crippen molar-refractivity contribution < 1.29 is 0 Å². The van der Waals surface area contributed by atoms with Crippen molar-refractivity contribution in [3.63, 3.8) is 0 Å². The highest BCUT2D eigenvalue weighted by molar-refractivity contribution is 6.16. The molecular weight excluding hydrogens is 605 g/mol. The number of hydrogen-bond donors (Lipinski definition) is 0. The van der Waals surface area contributed by atoms with Gasteiger partial charge in [-0.05, 0) is 63.0 Å². The highest BCUT2D eigenvalue weighted by Crippen LogP contribution is 2.40. The molecule has 0 saturated carbocycles. The van der Waals surface area contributed by atoms with Crippen LogP contribution in [-0.2, 0) is 0 Å². The Bertz CT molecular complexity index is 2540. The molecule has 2 nitrogen and oxygen atoms in total. The lowest BCUT2D eigenvalue weighted by atomic mass is 9.91. The summed E-state index contributed by atoms with van der Waals surface area (Å²) < 4.78 is 0. The third-order valence-electron chi connectivity index (χ3n) is 9.47. The van der Waals surface area contributed by atoms with Crippen LogP contribution in [0.2, 0.25) is 0 Å². The minimum absolute atomic E-state index is 0.938. The fourth-order valence-corrected chi connectivity index (χ4v) is 6.96. The third kappa shape index (κ3) is 5.53. The smallest absolute Gasteiger partial charge is 0.0794 e. The molecule has 0 radical (unpaired) electrons. The van der Waals surface area contributed by atoms with E-state index in [1.807, 2.05) is 6.07 Å². The highest BCUT2D eigenvalue weighted by atomic mass is 14.7. The van der Waals surface area contributed by atoms with Crippen molar-refractivity contribution in [2.24, 2.45) is 0 Å². The van der Waals surface area contributed by atoms with Crippen molar-refractivity contribution in [1.29, 1.82) is 0 Å². The lowest BCUT2D eigenvalue weighted by Crippen LogP contribution is -1.94. The number of pyridine rings is 2. The van der Waals surface area contributed by atoms with E-state index in [4.69, 9.17) is 9.97 Å². The molecule has 0 bridgehead atoms. The predicted octanol–water partition coefficient (Wildman–Crippen LogP) is 12.8. The molecule has 0 aliphatic carbocycles. The molecule has 0 spiro atoms. The molecule has 0 fully saturated rings. The average molecular weight is 637 g/mol. The Balaban J connectivity index is 1.20. The third-order valence-corrected chi connectivity index (χ3v) is 9.47. The summed E-state index contributed by atoms with van der Waals surface area (Å²) >= 11 is 0. The molecule has 0 N–H and O–H groups in total. The molecule has 7 aromatic carbocycles. The number of fused-ring (bicyclic) bond motifs is 3. The van der Waals surface area contributed by atoms with Crippen LogP contribution in [0.1, 0.15) is 0 Å². The molecule has 9 rings (SSSR count). The first-order valence-corrected chi connectivity index (χ1v) is 17.0. The molecule has 0 aliphatic heterocycles. The van der Waals surface area contributed by atoms with Crippen LogP contribution in [0.5, 0.6) is 0 Å². The van der Waals surface area contributed by atoms with E-state index in [2.05, 4.69) is 188 Å². The summed E-state index contributed by atoms with van der Waals surface area (Å²) in [6.07, 6.45) is 0. The first-order chi connectivity index (χ1) is 24.8. The molecule has 0 amide bonds. The molecule has 0 unspecified atom stereocenters. The van der Waals surface area contributed by atoms with E-state index in [-0.39, 0.29) is 0 Å². The maximum absolute atomic E-state index is 5.39. The van der Waals surface area contributed by atoms with Gasteiger partial charge >= 0.3 is 0 Å². The Morgan fingerprint density at radius 3 is 1.18 bits per heavy atom. The van der Waals surface area contributed by atoms with Gasteiger partial charge in [0.05, 0.1) is 22.6 Å². The molecule has 50 heavy (non-hydrogen) atoms. The van der Waals surface area contributed by atoms with Gasteiger partial charge in [-0.3, -0.25) is 0 Å². The van der Waals surface area contributed by atoms with Crippen LogP contribution in [-0.4, -0.2) is 9.97 Å². The molecule has 0 aliphatic rings. The molecule has 2 aromatic heterocycles. The first-order valence-electron chi connectivity index (χ1n) is 17.0. The Morgan fingerprint density at radius 1 is 0.240 bits per heavy atom. The first kappa shape index (κ1) is 29.5. The van der Waals surface area contributed by atoms with Gasteiger partial charge in [0, 0.05) is 27.5 Å². The summed E-state index contributed by atoms with van der Waals surface area (Å²) in [5, 5.41) is 3.49. The van der Waals surface area contributed by atoms with Crippen LogP contribution in [0, 0.1) is 0 Å². The molecule has 0 atom stereocenters. The van der Waals surface area contributed by atoms with E-state index in [0.717, 1.165) is 55.6 Å². The van der Waals surface area contributed by atoms with Crippen LogP contribution in [0.3, 0.4) is 0 Å². The van der Waals surface area contributed by atoms with E-state index in [1.54, 1.807) is 0 Å². The molecule has 234 valence electrons. The number of nitrogens with zero attached hydrogens (tertiary/aromatic N) is 2. The second-order valence-electron chi connectivity index (χ2n) is 12.6. The van der Waals surface area contributed by atoms with Crippen molar-refractivity contribution in [2.75, 3.05) is 0 Å². The van der Waals surface area contributed by atoms with Crippen LogP contribution in [0.15, 0.2) is 194 Å². The Kier molecular flexibility index (Phi) is 7.53. The average Bonchev–Trinajstić information content (AvgIpc) is 3.21. The monoisotopic (exact) mass is 636 g/mol. The van der Waals surface area contributed by atoms with Gasteiger partial charge in [0.2, 0.25) is 0 Å². The summed E-state index contributed by atoms with van der Waals surface area (Å²) in [5.41, 5.74) is 14.1. The fraction of sp³-hybridized carbons (Fsp3) is 0. The largest absolute Gasteiger partial charge is 0.248 e. The lowest BCUT2D eigenvalue weighted by molar-refractivity contribution is 1.32. The van der Waals surface area contributed by atoms with Gasteiger partial charge in [-0.25, -0.2) is 9.97 Å². The van der Waals surface area contributed by atoms with Gasteiger partial charge in [-0.2, -0.15) is 0 Å². The van der Waals surface area contributed by atoms with Gasteiger partial charge in [0.25, 0.3) is 0 Å². The summed E-state index contributed by atoms with van der Waals surface area (Å²) in [5.74, 6) is 0. The summed E-state index contributed by atoms with van der Waals surface area (Å²) in [4.78, 5) is 10.5. The molecule has 2 heteroatoms. The Labute approximate surface area is 292 Å². The van der Waals surface area contributed by atoms with Gasteiger partial charge in [0.1, 0.15) is 0 Å². The minimum atomic E-state index is 0.938. The SMILES string of the molecule is c1ccc(-c2cc(-c3ccccc3)nc(-c3ccc(-c4cc(-c5ccccc5)c5cc(-c6ccccc6)c6ccccc6c5n4)cc3)c2)cc1. The fourth-order valence-electron chi connectivity index (χ4n) is 6.96. The zero-order chi connectivity index (χ0) is 33.3. The zero-order valence-corrected chi connectivity index (χ0v) is 27.4. The summed E-state index contributed by atoms with van der Waals surface area (Å²) in [6.45, 7) is 0. The summed E-state index contributed by atoms with van der Waals surface area (Å²) in [6, 6.07) is 68.5. The van der Waals surface area contributed by atoms with E-state index < -0.39 is 0 Å². The number of aromatic nitrogens is 2. The normalized spacial score (nSPS) is 11.2. The number of hydrogen-bond acceptors (Lipinski definition) is 2. The van der Waals surface area contributed by atoms with Crippen LogP contribution in [0.4, 0.5) is 0 Å². The van der Waals surface area contributed by atoms with Crippen LogP contribution < -0.4 is 0 Å². The second kappa shape index (κ2) is 12.8. The Morgan fingerprint density at radius 2 is 0.640 bits per heavy atom. The van der Waals surface area contributed by atoms with Crippen LogP contribution in [0.25, 0.3) is 88.8 Å². The molecule has 0 saturated heterocycles. The molecule has 9 aromatic rings.